The summed E-state index contributed by atoms with van der Waals surface area (Å²) in [6.07, 6.45) is 1.12. The van der Waals surface area contributed by atoms with E-state index in [2.05, 4.69) is 4.72 Å². The van der Waals surface area contributed by atoms with Crippen LogP contribution in [-0.4, -0.2) is 43.4 Å². The molecule has 0 spiro atoms. The molecule has 0 unspecified atom stereocenters. The highest BCUT2D eigenvalue weighted by Gasteiger charge is 2.37. The van der Waals surface area contributed by atoms with E-state index in [1.165, 1.54) is 47.4 Å². The fourth-order valence-electron chi connectivity index (χ4n) is 3.33. The van der Waals surface area contributed by atoms with Crippen molar-refractivity contribution in [2.75, 3.05) is 11.3 Å². The Morgan fingerprint density at radius 2 is 1.84 bits per heavy atom. The largest absolute Gasteiger partial charge is 0.458 e. The quantitative estimate of drug-likeness (QED) is 0.706. The third kappa shape index (κ3) is 5.41. The van der Waals surface area contributed by atoms with Gasteiger partial charge in [0.05, 0.1) is 10.6 Å². The lowest BCUT2D eigenvalue weighted by Crippen LogP contribution is -2.43. The molecule has 9 heteroatoms. The number of likely N-dealkylation sites (tertiary alicyclic amines) is 1. The first-order valence-electron chi connectivity index (χ1n) is 9.89. The van der Waals surface area contributed by atoms with Crippen LogP contribution in [0.1, 0.15) is 44.0 Å². The Balaban J connectivity index is 1.83. The Morgan fingerprint density at radius 3 is 2.52 bits per heavy atom. The van der Waals surface area contributed by atoms with Gasteiger partial charge in [0.15, 0.2) is 0 Å². The van der Waals surface area contributed by atoms with Gasteiger partial charge in [0.25, 0.3) is 15.9 Å². The molecule has 1 atom stereocenters. The van der Waals surface area contributed by atoms with Crippen LogP contribution in [0.2, 0.25) is 0 Å². The Kier molecular flexibility index (Phi) is 6.35. The van der Waals surface area contributed by atoms with Crippen LogP contribution in [0.3, 0.4) is 0 Å². The highest BCUT2D eigenvalue weighted by Crippen LogP contribution is 2.25. The molecule has 3 rings (SSSR count). The molecule has 1 N–H and O–H groups in total. The summed E-state index contributed by atoms with van der Waals surface area (Å²) in [4.78, 5) is 26.8. The van der Waals surface area contributed by atoms with E-state index in [9.17, 15) is 22.4 Å². The number of sulfonamides is 1. The van der Waals surface area contributed by atoms with Crippen LogP contribution in [0.4, 0.5) is 10.1 Å². The Morgan fingerprint density at radius 1 is 1.13 bits per heavy atom. The molecule has 1 fully saturated rings. The van der Waals surface area contributed by atoms with Crippen LogP contribution in [0.15, 0.2) is 53.4 Å². The molecule has 0 aromatic heterocycles. The molecule has 1 heterocycles. The first-order valence-corrected chi connectivity index (χ1v) is 11.4. The van der Waals surface area contributed by atoms with Gasteiger partial charge in [-0.05, 0) is 63.9 Å². The summed E-state index contributed by atoms with van der Waals surface area (Å²) < 4.78 is 46.9. The van der Waals surface area contributed by atoms with Crippen molar-refractivity contribution >= 4 is 27.6 Å². The standard InChI is InChI=1S/C22H25FN2O5S/c1-22(2,3)30-21(27)19-12-7-13-25(19)20(26)15-8-6-9-16(14-15)31(28,29)24-18-11-5-4-10-17(18)23/h4-6,8-11,14,19,24H,7,12-13H2,1-3H3/t19-/m0/s1. The summed E-state index contributed by atoms with van der Waals surface area (Å²) in [6, 6.07) is 10.1. The molecule has 7 nitrogen and oxygen atoms in total. The number of esters is 1. The van der Waals surface area contributed by atoms with Crippen LogP contribution in [0.25, 0.3) is 0 Å². The molecular formula is C22H25FN2O5S. The minimum absolute atomic E-state index is 0.117. The maximum atomic E-state index is 13.9. The number of hydrogen-bond acceptors (Lipinski definition) is 5. The number of rotatable bonds is 5. The van der Waals surface area contributed by atoms with E-state index in [4.69, 9.17) is 4.74 Å². The number of carbonyl (C=O) groups is 2. The number of halogens is 1. The lowest BCUT2D eigenvalue weighted by atomic mass is 10.1. The van der Waals surface area contributed by atoms with Gasteiger partial charge in [-0.15, -0.1) is 0 Å². The topological polar surface area (TPSA) is 92.8 Å². The lowest BCUT2D eigenvalue weighted by Gasteiger charge is -2.27. The van der Waals surface area contributed by atoms with Gasteiger partial charge in [0.2, 0.25) is 0 Å². The summed E-state index contributed by atoms with van der Waals surface area (Å²) in [6.45, 7) is 5.63. The molecule has 1 amide bonds. The molecule has 2 aromatic carbocycles. The average Bonchev–Trinajstić information content (AvgIpc) is 3.18. The van der Waals surface area contributed by atoms with Crippen molar-refractivity contribution < 1.29 is 27.1 Å². The number of amides is 1. The van der Waals surface area contributed by atoms with E-state index >= 15 is 0 Å². The van der Waals surface area contributed by atoms with E-state index in [1.54, 1.807) is 20.8 Å². The molecule has 0 bridgehead atoms. The smallest absolute Gasteiger partial charge is 0.329 e. The number of benzene rings is 2. The summed E-state index contributed by atoms with van der Waals surface area (Å²) >= 11 is 0. The van der Waals surface area contributed by atoms with E-state index in [1.807, 2.05) is 0 Å². The Hall–Kier alpha value is -2.94. The van der Waals surface area contributed by atoms with E-state index in [0.29, 0.717) is 19.4 Å². The molecule has 31 heavy (non-hydrogen) atoms. The minimum Gasteiger partial charge on any atom is -0.458 e. The summed E-state index contributed by atoms with van der Waals surface area (Å²) in [5.41, 5.74) is -0.753. The molecule has 0 radical (unpaired) electrons. The van der Waals surface area contributed by atoms with E-state index in [-0.39, 0.29) is 16.1 Å². The summed E-state index contributed by atoms with van der Waals surface area (Å²) in [5, 5.41) is 0. The third-order valence-electron chi connectivity index (χ3n) is 4.70. The highest BCUT2D eigenvalue weighted by atomic mass is 32.2. The number of carbonyl (C=O) groups excluding carboxylic acids is 2. The van der Waals surface area contributed by atoms with Gasteiger partial charge in [-0.1, -0.05) is 18.2 Å². The van der Waals surface area contributed by atoms with Gasteiger partial charge in [-0.25, -0.2) is 17.6 Å². The number of ether oxygens (including phenoxy) is 1. The molecule has 1 aliphatic heterocycles. The number of para-hydroxylation sites is 1. The average molecular weight is 449 g/mol. The number of anilines is 1. The van der Waals surface area contributed by atoms with Crippen molar-refractivity contribution in [1.82, 2.24) is 4.90 Å². The molecule has 0 saturated carbocycles. The SMILES string of the molecule is CC(C)(C)OC(=O)[C@@H]1CCCN1C(=O)c1cccc(S(=O)(=O)Nc2ccccc2F)c1. The second kappa shape index (κ2) is 8.66. The number of nitrogens with one attached hydrogen (secondary N) is 1. The zero-order valence-corrected chi connectivity index (χ0v) is 18.4. The van der Waals surface area contributed by atoms with Crippen LogP contribution < -0.4 is 4.72 Å². The van der Waals surface area contributed by atoms with Crippen LogP contribution in [0.5, 0.6) is 0 Å². The second-order valence-electron chi connectivity index (χ2n) is 8.30. The van der Waals surface area contributed by atoms with Gasteiger partial charge in [0.1, 0.15) is 17.5 Å². The molecule has 0 aliphatic carbocycles. The minimum atomic E-state index is -4.12. The molecule has 2 aromatic rings. The highest BCUT2D eigenvalue weighted by molar-refractivity contribution is 7.92. The van der Waals surface area contributed by atoms with Gasteiger partial charge in [-0.3, -0.25) is 9.52 Å². The summed E-state index contributed by atoms with van der Waals surface area (Å²) in [7, 11) is -4.12. The van der Waals surface area contributed by atoms with Crippen molar-refractivity contribution in [1.29, 1.82) is 0 Å². The van der Waals surface area contributed by atoms with Crippen LogP contribution in [-0.2, 0) is 19.6 Å². The first-order chi connectivity index (χ1) is 14.5. The van der Waals surface area contributed by atoms with Gasteiger partial charge in [0, 0.05) is 12.1 Å². The van der Waals surface area contributed by atoms with Crippen LogP contribution in [0, 0.1) is 5.82 Å². The van der Waals surface area contributed by atoms with Crippen LogP contribution >= 0.6 is 0 Å². The van der Waals surface area contributed by atoms with E-state index < -0.39 is 39.4 Å². The maximum absolute atomic E-state index is 13.9. The first kappa shape index (κ1) is 22.7. The number of nitrogens with zero attached hydrogens (tertiary/aromatic N) is 1. The number of hydrogen-bond donors (Lipinski definition) is 1. The van der Waals surface area contributed by atoms with Crippen molar-refractivity contribution in [2.45, 2.75) is 50.2 Å². The Labute approximate surface area is 181 Å². The molecule has 166 valence electrons. The molecule has 1 aliphatic rings. The Bertz CT molecular complexity index is 1100. The molecule has 1 saturated heterocycles. The fourth-order valence-corrected chi connectivity index (χ4v) is 4.45. The van der Waals surface area contributed by atoms with Gasteiger partial charge in [-0.2, -0.15) is 0 Å². The fraction of sp³-hybridized carbons (Fsp3) is 0.364. The van der Waals surface area contributed by atoms with Crippen molar-refractivity contribution in [3.63, 3.8) is 0 Å². The predicted octanol–water partition coefficient (Wildman–Crippen LogP) is 3.57. The third-order valence-corrected chi connectivity index (χ3v) is 6.07. The maximum Gasteiger partial charge on any atom is 0.329 e. The van der Waals surface area contributed by atoms with E-state index in [0.717, 1.165) is 6.07 Å². The van der Waals surface area contributed by atoms with Gasteiger partial charge < -0.3 is 9.64 Å². The zero-order valence-electron chi connectivity index (χ0n) is 17.6. The van der Waals surface area contributed by atoms with Crippen molar-refractivity contribution in [3.05, 3.63) is 59.9 Å². The van der Waals surface area contributed by atoms with Crippen molar-refractivity contribution in [3.8, 4) is 0 Å². The zero-order chi connectivity index (χ0) is 22.8. The van der Waals surface area contributed by atoms with Gasteiger partial charge >= 0.3 is 5.97 Å². The molecular weight excluding hydrogens is 423 g/mol. The lowest BCUT2D eigenvalue weighted by molar-refractivity contribution is -0.159. The predicted molar refractivity (Wildman–Crippen MR) is 114 cm³/mol. The monoisotopic (exact) mass is 448 g/mol. The summed E-state index contributed by atoms with van der Waals surface area (Å²) in [5.74, 6) is -1.66. The second-order valence-corrected chi connectivity index (χ2v) is 9.99. The van der Waals surface area contributed by atoms with Crippen molar-refractivity contribution in [2.24, 2.45) is 0 Å². The normalized spacial score (nSPS) is 16.8.